The molecule has 9 nitrogen and oxygen atoms in total. The van der Waals surface area contributed by atoms with E-state index in [1.807, 2.05) is 0 Å². The van der Waals surface area contributed by atoms with Crippen LogP contribution in [0.5, 0.6) is 0 Å². The lowest BCUT2D eigenvalue weighted by Crippen LogP contribution is -2.70. The number of carbonyl (C=O) groups is 3. The SMILES string of the molecule is CC(OC(=O)C(C)C)OC(=O)[C@@H]1N2C(=O)C(N)[C@H]2S(=O)(=O)C1(C)C. The number of ether oxygens (including phenoxy) is 2. The van der Waals surface area contributed by atoms with Gasteiger partial charge in [0, 0.05) is 6.92 Å². The van der Waals surface area contributed by atoms with Gasteiger partial charge in [-0.05, 0) is 13.8 Å². The summed E-state index contributed by atoms with van der Waals surface area (Å²) in [4.78, 5) is 36.8. The quantitative estimate of drug-likeness (QED) is 0.388. The van der Waals surface area contributed by atoms with Gasteiger partial charge in [0.25, 0.3) is 0 Å². The van der Waals surface area contributed by atoms with Crippen LogP contribution in [-0.4, -0.2) is 59.7 Å². The predicted molar refractivity (Wildman–Crippen MR) is 81.9 cm³/mol. The molecular weight excluding hydrogens is 340 g/mol. The zero-order valence-electron chi connectivity index (χ0n) is 14.2. The van der Waals surface area contributed by atoms with E-state index in [4.69, 9.17) is 15.2 Å². The van der Waals surface area contributed by atoms with Crippen molar-refractivity contribution in [1.82, 2.24) is 4.90 Å². The molecule has 2 aliphatic heterocycles. The number of fused-ring (bicyclic) bond motifs is 1. The zero-order chi connectivity index (χ0) is 18.6. The molecule has 0 bridgehead atoms. The molecule has 0 spiro atoms. The van der Waals surface area contributed by atoms with Crippen molar-refractivity contribution < 1.29 is 32.3 Å². The molecule has 2 rings (SSSR count). The zero-order valence-corrected chi connectivity index (χ0v) is 15.0. The van der Waals surface area contributed by atoms with Gasteiger partial charge >= 0.3 is 11.9 Å². The molecule has 136 valence electrons. The van der Waals surface area contributed by atoms with Crippen LogP contribution in [-0.2, 0) is 33.7 Å². The molecule has 0 aromatic carbocycles. The molecule has 2 unspecified atom stereocenters. The normalized spacial score (nSPS) is 31.2. The van der Waals surface area contributed by atoms with Crippen LogP contribution in [0, 0.1) is 5.92 Å². The van der Waals surface area contributed by atoms with Crippen LogP contribution in [0.1, 0.15) is 34.6 Å². The standard InChI is InChI=1S/C14H22N2O7S/c1-6(2)12(18)22-7(3)23-13(19)9-14(4,5)24(20,21)11-8(15)10(17)16(9)11/h6-9,11H,15H2,1-5H3/t7?,8?,9-,11+/m0/s1. The maximum atomic E-state index is 12.5. The van der Waals surface area contributed by atoms with Crippen LogP contribution in [0.4, 0.5) is 0 Å². The lowest BCUT2D eigenvalue weighted by Gasteiger charge is -2.41. The van der Waals surface area contributed by atoms with E-state index in [1.165, 1.54) is 20.8 Å². The second-order valence-electron chi connectivity index (χ2n) is 6.81. The summed E-state index contributed by atoms with van der Waals surface area (Å²) >= 11 is 0. The maximum Gasteiger partial charge on any atom is 0.333 e. The largest absolute Gasteiger partial charge is 0.425 e. The second kappa shape index (κ2) is 5.69. The average molecular weight is 362 g/mol. The van der Waals surface area contributed by atoms with E-state index in [-0.39, 0.29) is 0 Å². The molecule has 2 N–H and O–H groups in total. The van der Waals surface area contributed by atoms with Gasteiger partial charge in [-0.1, -0.05) is 13.8 Å². The van der Waals surface area contributed by atoms with Gasteiger partial charge in [-0.25, -0.2) is 13.2 Å². The Morgan fingerprint density at radius 2 is 1.75 bits per heavy atom. The summed E-state index contributed by atoms with van der Waals surface area (Å²) in [5.74, 6) is -2.54. The van der Waals surface area contributed by atoms with Crippen molar-refractivity contribution >= 4 is 27.7 Å². The first kappa shape index (κ1) is 18.7. The highest BCUT2D eigenvalue weighted by Crippen LogP contribution is 2.45. The van der Waals surface area contributed by atoms with Gasteiger partial charge in [0.2, 0.25) is 12.2 Å². The third-order valence-electron chi connectivity index (χ3n) is 4.37. The van der Waals surface area contributed by atoms with E-state index >= 15 is 0 Å². The van der Waals surface area contributed by atoms with Crippen molar-refractivity contribution in [3.05, 3.63) is 0 Å². The number of hydrogen-bond donors (Lipinski definition) is 1. The number of nitrogens with two attached hydrogens (primary N) is 1. The van der Waals surface area contributed by atoms with Gasteiger partial charge < -0.3 is 20.1 Å². The summed E-state index contributed by atoms with van der Waals surface area (Å²) in [6.45, 7) is 7.27. The fourth-order valence-corrected chi connectivity index (χ4v) is 5.05. The summed E-state index contributed by atoms with van der Waals surface area (Å²) in [6, 6.07) is -2.51. The number of nitrogens with zero attached hydrogens (tertiary/aromatic N) is 1. The van der Waals surface area contributed by atoms with Gasteiger partial charge in [-0.3, -0.25) is 9.59 Å². The van der Waals surface area contributed by atoms with Gasteiger partial charge in [0.15, 0.2) is 15.2 Å². The van der Waals surface area contributed by atoms with Crippen molar-refractivity contribution in [3.8, 4) is 0 Å². The van der Waals surface area contributed by atoms with Gasteiger partial charge in [-0.2, -0.15) is 0 Å². The summed E-state index contributed by atoms with van der Waals surface area (Å²) in [7, 11) is -3.84. The van der Waals surface area contributed by atoms with Gasteiger partial charge in [0.1, 0.15) is 16.8 Å². The van der Waals surface area contributed by atoms with Crippen LogP contribution >= 0.6 is 0 Å². The Labute approximate surface area is 140 Å². The first-order valence-electron chi connectivity index (χ1n) is 7.56. The van der Waals surface area contributed by atoms with E-state index in [1.54, 1.807) is 13.8 Å². The minimum Gasteiger partial charge on any atom is -0.425 e. The first-order chi connectivity index (χ1) is 10.8. The molecule has 10 heteroatoms. The lowest BCUT2D eigenvalue weighted by molar-refractivity contribution is -0.193. The van der Waals surface area contributed by atoms with Crippen molar-refractivity contribution in [3.63, 3.8) is 0 Å². The summed E-state index contributed by atoms with van der Waals surface area (Å²) in [5.41, 5.74) is 5.57. The number of sulfone groups is 1. The molecule has 1 amide bonds. The van der Waals surface area contributed by atoms with Gasteiger partial charge in [0.05, 0.1) is 5.92 Å². The molecule has 4 atom stereocenters. The van der Waals surface area contributed by atoms with E-state index in [0.717, 1.165) is 4.90 Å². The average Bonchev–Trinajstić information content (AvgIpc) is 2.59. The minimum absolute atomic E-state index is 0.409. The van der Waals surface area contributed by atoms with Crippen molar-refractivity contribution in [1.29, 1.82) is 0 Å². The third kappa shape index (κ3) is 2.48. The van der Waals surface area contributed by atoms with Crippen LogP contribution in [0.25, 0.3) is 0 Å². The molecular formula is C14H22N2O7S. The smallest absolute Gasteiger partial charge is 0.333 e. The van der Waals surface area contributed by atoms with Crippen LogP contribution in [0.3, 0.4) is 0 Å². The van der Waals surface area contributed by atoms with Gasteiger partial charge in [-0.15, -0.1) is 0 Å². The van der Waals surface area contributed by atoms with Crippen LogP contribution in [0.15, 0.2) is 0 Å². The van der Waals surface area contributed by atoms with Crippen LogP contribution in [0.2, 0.25) is 0 Å². The number of rotatable bonds is 4. The highest BCUT2D eigenvalue weighted by molar-refractivity contribution is 7.94. The highest BCUT2D eigenvalue weighted by Gasteiger charge is 2.71. The molecule has 0 aromatic rings. The number of β-lactam (4-membered cyclic amide) rings is 1. The Morgan fingerprint density at radius 1 is 1.21 bits per heavy atom. The fourth-order valence-electron chi connectivity index (χ4n) is 2.88. The monoisotopic (exact) mass is 362 g/mol. The molecule has 2 heterocycles. The Morgan fingerprint density at radius 3 is 2.25 bits per heavy atom. The second-order valence-corrected chi connectivity index (χ2v) is 9.43. The Bertz CT molecular complexity index is 685. The Balaban J connectivity index is 2.20. The number of amides is 1. The van der Waals surface area contributed by atoms with Crippen LogP contribution < -0.4 is 5.73 Å². The molecule has 2 fully saturated rings. The highest BCUT2D eigenvalue weighted by atomic mass is 32.2. The number of esters is 2. The third-order valence-corrected chi connectivity index (χ3v) is 7.21. The van der Waals surface area contributed by atoms with Crippen molar-refractivity contribution in [2.45, 2.75) is 63.1 Å². The molecule has 0 radical (unpaired) electrons. The summed E-state index contributed by atoms with van der Waals surface area (Å²) in [6.07, 6.45) is -1.20. The minimum atomic E-state index is -3.84. The first-order valence-corrected chi connectivity index (χ1v) is 9.10. The summed E-state index contributed by atoms with van der Waals surface area (Å²) in [5, 5.41) is -1.23. The lowest BCUT2D eigenvalue weighted by atomic mass is 9.96. The molecule has 2 aliphatic rings. The van der Waals surface area contributed by atoms with Crippen molar-refractivity contribution in [2.24, 2.45) is 11.7 Å². The Kier molecular flexibility index (Phi) is 4.43. The number of hydrogen-bond acceptors (Lipinski definition) is 8. The maximum absolute atomic E-state index is 12.5. The van der Waals surface area contributed by atoms with E-state index in [9.17, 15) is 22.8 Å². The molecule has 2 saturated heterocycles. The summed E-state index contributed by atoms with van der Waals surface area (Å²) < 4.78 is 33.5. The Hall–Kier alpha value is -1.68. The molecule has 0 saturated carbocycles. The topological polar surface area (TPSA) is 133 Å². The fraction of sp³-hybridized carbons (Fsp3) is 0.786. The van der Waals surface area contributed by atoms with E-state index in [2.05, 4.69) is 0 Å². The number of carbonyl (C=O) groups excluding carboxylic acids is 3. The van der Waals surface area contributed by atoms with E-state index in [0.29, 0.717) is 0 Å². The van der Waals surface area contributed by atoms with E-state index < -0.39 is 62.1 Å². The molecule has 0 aliphatic carbocycles. The van der Waals surface area contributed by atoms with Crippen molar-refractivity contribution in [2.75, 3.05) is 0 Å². The molecule has 0 aromatic heterocycles. The molecule has 24 heavy (non-hydrogen) atoms. The predicted octanol–water partition coefficient (Wildman–Crippen LogP) is -0.854.